The van der Waals surface area contributed by atoms with Crippen LogP contribution in [0.3, 0.4) is 0 Å². The largest absolute Gasteiger partial charge is 0.497 e. The van der Waals surface area contributed by atoms with Crippen molar-refractivity contribution in [3.05, 3.63) is 29.8 Å². The van der Waals surface area contributed by atoms with Gasteiger partial charge in [-0.3, -0.25) is 4.79 Å². The second-order valence-electron chi connectivity index (χ2n) is 4.24. The highest BCUT2D eigenvalue weighted by Crippen LogP contribution is 2.41. The van der Waals surface area contributed by atoms with Crippen LogP contribution in [0.15, 0.2) is 24.3 Å². The smallest absolute Gasteiger partial charge is 0.471 e. The van der Waals surface area contributed by atoms with Crippen molar-refractivity contribution in [1.82, 2.24) is 5.32 Å². The minimum Gasteiger partial charge on any atom is -0.497 e. The predicted molar refractivity (Wildman–Crippen MR) is 62.6 cm³/mol. The van der Waals surface area contributed by atoms with Crippen LogP contribution in [-0.2, 0) is 15.1 Å². The average molecular weight is 345 g/mol. The molecule has 1 amide bonds. The van der Waals surface area contributed by atoms with E-state index in [1.807, 2.05) is 0 Å². The minimum atomic E-state index is -5.76. The topological polar surface area (TPSA) is 75.6 Å². The molecule has 1 unspecified atom stereocenters. The highest BCUT2D eigenvalue weighted by atomic mass is 19.4. The van der Waals surface area contributed by atoms with Gasteiger partial charge < -0.3 is 15.2 Å². The van der Waals surface area contributed by atoms with E-state index in [4.69, 9.17) is 5.11 Å². The van der Waals surface area contributed by atoms with Gasteiger partial charge >= 0.3 is 24.2 Å². The first-order valence-corrected chi connectivity index (χ1v) is 5.70. The Morgan fingerprint density at radius 1 is 1.13 bits per heavy atom. The summed E-state index contributed by atoms with van der Waals surface area (Å²) in [5.41, 5.74) is -5.43. The fourth-order valence-electron chi connectivity index (χ4n) is 1.70. The van der Waals surface area contributed by atoms with Crippen LogP contribution in [-0.4, -0.2) is 36.4 Å². The van der Waals surface area contributed by atoms with Crippen molar-refractivity contribution in [1.29, 1.82) is 0 Å². The molecule has 0 fully saturated rings. The highest BCUT2D eigenvalue weighted by Gasteiger charge is 2.65. The maximum absolute atomic E-state index is 13.3. The molecule has 5 nitrogen and oxygen atoms in total. The molecular formula is C12H9F6NO4. The number of carbonyl (C=O) groups is 2. The van der Waals surface area contributed by atoms with Gasteiger partial charge in [-0.05, 0) is 12.1 Å². The molecule has 0 heterocycles. The monoisotopic (exact) mass is 345 g/mol. The van der Waals surface area contributed by atoms with Gasteiger partial charge in [0.25, 0.3) is 5.54 Å². The first kappa shape index (κ1) is 18.6. The van der Waals surface area contributed by atoms with Crippen LogP contribution in [0.4, 0.5) is 26.3 Å². The third kappa shape index (κ3) is 3.48. The zero-order chi connectivity index (χ0) is 18.1. The van der Waals surface area contributed by atoms with Gasteiger partial charge in [-0.15, -0.1) is 0 Å². The number of carbonyl (C=O) groups excluding carboxylic acids is 1. The maximum Gasteiger partial charge on any atom is 0.471 e. The van der Waals surface area contributed by atoms with E-state index in [0.29, 0.717) is 17.4 Å². The van der Waals surface area contributed by atoms with E-state index in [9.17, 15) is 35.9 Å². The van der Waals surface area contributed by atoms with Crippen molar-refractivity contribution in [2.45, 2.75) is 17.9 Å². The number of nitrogens with one attached hydrogen (secondary N) is 1. The Bertz CT molecular complexity index is 612. The molecule has 1 rings (SSSR count). The van der Waals surface area contributed by atoms with Gasteiger partial charge in [0.2, 0.25) is 0 Å². The summed E-state index contributed by atoms with van der Waals surface area (Å²) in [6.45, 7) is 0. The number of amides is 1. The SMILES string of the molecule is COc1cccc(C(NC(=O)C(F)(F)F)(C(=O)O)C(F)(F)F)c1. The number of alkyl halides is 6. The van der Waals surface area contributed by atoms with E-state index in [-0.39, 0.29) is 5.75 Å². The summed E-state index contributed by atoms with van der Waals surface area (Å²) in [5, 5.41) is 9.48. The molecule has 23 heavy (non-hydrogen) atoms. The van der Waals surface area contributed by atoms with E-state index in [1.54, 1.807) is 0 Å². The third-order valence-electron chi connectivity index (χ3n) is 2.81. The van der Waals surface area contributed by atoms with E-state index in [0.717, 1.165) is 19.2 Å². The summed E-state index contributed by atoms with van der Waals surface area (Å²) < 4.78 is 81.4. The average Bonchev–Trinajstić information content (AvgIpc) is 2.41. The highest BCUT2D eigenvalue weighted by molar-refractivity contribution is 5.91. The van der Waals surface area contributed by atoms with Gasteiger partial charge in [-0.1, -0.05) is 12.1 Å². The van der Waals surface area contributed by atoms with Gasteiger partial charge in [0.05, 0.1) is 7.11 Å². The fraction of sp³-hybridized carbons (Fsp3) is 0.333. The molecule has 0 radical (unpaired) electrons. The van der Waals surface area contributed by atoms with E-state index < -0.39 is 35.3 Å². The molecule has 1 aromatic rings. The number of carboxylic acids is 1. The van der Waals surface area contributed by atoms with Crippen LogP contribution in [0, 0.1) is 0 Å². The zero-order valence-corrected chi connectivity index (χ0v) is 11.2. The predicted octanol–water partition coefficient (Wildman–Crippen LogP) is 2.22. The Hall–Kier alpha value is -2.46. The van der Waals surface area contributed by atoms with Crippen molar-refractivity contribution in [2.24, 2.45) is 0 Å². The van der Waals surface area contributed by atoms with Crippen LogP contribution in [0.2, 0.25) is 0 Å². The zero-order valence-electron chi connectivity index (χ0n) is 11.2. The quantitative estimate of drug-likeness (QED) is 0.821. The fourth-order valence-corrected chi connectivity index (χ4v) is 1.70. The molecule has 0 aliphatic rings. The summed E-state index contributed by atoms with van der Waals surface area (Å²) >= 11 is 0. The number of hydrogen-bond donors (Lipinski definition) is 2. The molecular weight excluding hydrogens is 336 g/mol. The number of ether oxygens (including phenoxy) is 1. The summed E-state index contributed by atoms with van der Waals surface area (Å²) in [7, 11) is 1.06. The number of rotatable bonds is 4. The second kappa shape index (κ2) is 5.97. The van der Waals surface area contributed by atoms with Crippen molar-refractivity contribution in [3.8, 4) is 5.75 Å². The first-order chi connectivity index (χ1) is 10.4. The molecule has 0 spiro atoms. The molecule has 11 heteroatoms. The summed E-state index contributed by atoms with van der Waals surface area (Å²) in [4.78, 5) is 22.1. The lowest BCUT2D eigenvalue weighted by molar-refractivity contribution is -0.221. The number of aliphatic carboxylic acids is 1. The lowest BCUT2D eigenvalue weighted by atomic mass is 9.88. The van der Waals surface area contributed by atoms with Crippen LogP contribution >= 0.6 is 0 Å². The Balaban J connectivity index is 3.59. The lowest BCUT2D eigenvalue weighted by Gasteiger charge is -2.33. The summed E-state index contributed by atoms with van der Waals surface area (Å²) in [5.74, 6) is -6.01. The van der Waals surface area contributed by atoms with E-state index in [1.165, 1.54) is 0 Å². The Kier molecular flexibility index (Phi) is 4.83. The van der Waals surface area contributed by atoms with E-state index in [2.05, 4.69) is 4.74 Å². The van der Waals surface area contributed by atoms with Gasteiger partial charge in [0, 0.05) is 5.56 Å². The molecule has 2 N–H and O–H groups in total. The first-order valence-electron chi connectivity index (χ1n) is 5.70. The van der Waals surface area contributed by atoms with Crippen molar-refractivity contribution < 1.29 is 45.8 Å². The van der Waals surface area contributed by atoms with Gasteiger partial charge in [-0.25, -0.2) is 4.79 Å². The molecule has 1 atom stereocenters. The Labute approximate surface area is 124 Å². The van der Waals surface area contributed by atoms with Gasteiger partial charge in [-0.2, -0.15) is 26.3 Å². The molecule has 0 bridgehead atoms. The Morgan fingerprint density at radius 2 is 1.70 bits per heavy atom. The van der Waals surface area contributed by atoms with Gasteiger partial charge in [0.1, 0.15) is 5.75 Å². The number of benzene rings is 1. The molecule has 0 aliphatic heterocycles. The molecule has 0 aliphatic carbocycles. The standard InChI is InChI=1S/C12H9F6NO4/c1-23-7-4-2-3-6(5-7)10(9(21)22,12(16,17)18)19-8(20)11(13,14)15/h2-5H,1H3,(H,19,20)(H,21,22). The normalized spacial score (nSPS) is 14.7. The molecule has 0 aromatic heterocycles. The molecule has 128 valence electrons. The van der Waals surface area contributed by atoms with Crippen molar-refractivity contribution >= 4 is 11.9 Å². The number of methoxy groups -OCH3 is 1. The van der Waals surface area contributed by atoms with Crippen LogP contribution in [0.25, 0.3) is 0 Å². The molecule has 1 aromatic carbocycles. The number of hydrogen-bond acceptors (Lipinski definition) is 3. The molecule has 0 saturated carbocycles. The summed E-state index contributed by atoms with van der Waals surface area (Å²) in [6, 6.07) is 3.27. The van der Waals surface area contributed by atoms with Crippen molar-refractivity contribution in [2.75, 3.05) is 7.11 Å². The van der Waals surface area contributed by atoms with Gasteiger partial charge in [0.15, 0.2) is 0 Å². The summed E-state index contributed by atoms with van der Waals surface area (Å²) in [6.07, 6.45) is -11.5. The number of halogens is 6. The second-order valence-corrected chi connectivity index (χ2v) is 4.24. The Morgan fingerprint density at radius 3 is 2.09 bits per heavy atom. The van der Waals surface area contributed by atoms with Crippen LogP contribution in [0.5, 0.6) is 5.75 Å². The molecule has 0 saturated heterocycles. The minimum absolute atomic E-state index is 0.237. The van der Waals surface area contributed by atoms with E-state index >= 15 is 0 Å². The lowest BCUT2D eigenvalue weighted by Crippen LogP contribution is -2.63. The number of carboxylic acid groups (broad SMARTS) is 1. The van der Waals surface area contributed by atoms with Crippen LogP contribution < -0.4 is 10.1 Å². The van der Waals surface area contributed by atoms with Crippen molar-refractivity contribution in [3.63, 3.8) is 0 Å². The third-order valence-corrected chi connectivity index (χ3v) is 2.81. The van der Waals surface area contributed by atoms with Crippen LogP contribution in [0.1, 0.15) is 5.56 Å². The maximum atomic E-state index is 13.3.